The van der Waals surface area contributed by atoms with Crippen LogP contribution in [0.2, 0.25) is 0 Å². The fraction of sp³-hybridized carbons (Fsp3) is 0.164. The molecule has 3 heterocycles. The third-order valence-corrected chi connectivity index (χ3v) is 10.1. The van der Waals surface area contributed by atoms with Gasteiger partial charge in [-0.2, -0.15) is 0 Å². The zero-order valence-corrected chi connectivity index (χ0v) is 34.9. The number of aromatic nitrogens is 2. The molecule has 0 aliphatic heterocycles. The van der Waals surface area contributed by atoms with E-state index in [2.05, 4.69) is 42.9 Å². The fourth-order valence-corrected chi connectivity index (χ4v) is 6.96. The van der Waals surface area contributed by atoms with Crippen molar-refractivity contribution in [1.82, 2.24) is 9.97 Å². The van der Waals surface area contributed by atoms with Crippen LogP contribution in [0.25, 0.3) is 77.8 Å². The minimum atomic E-state index is -2.72. The molecule has 0 N–H and O–H groups in total. The fourth-order valence-electron chi connectivity index (χ4n) is 6.96. The van der Waals surface area contributed by atoms with Crippen molar-refractivity contribution in [2.24, 2.45) is 0 Å². The van der Waals surface area contributed by atoms with Crippen LogP contribution in [0.3, 0.4) is 0 Å². The van der Waals surface area contributed by atoms with Gasteiger partial charge in [0, 0.05) is 58.4 Å². The van der Waals surface area contributed by atoms with Crippen molar-refractivity contribution in [3.63, 3.8) is 0 Å². The van der Waals surface area contributed by atoms with Gasteiger partial charge >= 0.3 is 0 Å². The van der Waals surface area contributed by atoms with Crippen LogP contribution in [0.4, 0.5) is 0 Å². The molecule has 4 heteroatoms. The molecule has 0 fully saturated rings. The first-order valence-corrected chi connectivity index (χ1v) is 18.7. The zero-order chi connectivity index (χ0) is 53.1. The summed E-state index contributed by atoms with van der Waals surface area (Å²) in [6.07, 6.45) is 2.51. The molecule has 0 amide bonds. The van der Waals surface area contributed by atoms with Gasteiger partial charge in [0.2, 0.25) is 0 Å². The maximum absolute atomic E-state index is 8.49. The second-order valence-electron chi connectivity index (χ2n) is 15.1. The largest absolute Gasteiger partial charge is 0.501 e. The van der Waals surface area contributed by atoms with Gasteiger partial charge in [0.05, 0.1) is 5.58 Å². The number of hydrogen-bond donors (Lipinski definition) is 0. The van der Waals surface area contributed by atoms with Gasteiger partial charge in [-0.25, -0.2) is 0 Å². The van der Waals surface area contributed by atoms with Crippen LogP contribution in [0, 0.1) is 46.4 Å². The molecule has 0 spiro atoms. The van der Waals surface area contributed by atoms with Gasteiger partial charge in [-0.3, -0.25) is 0 Å². The molecule has 0 aliphatic carbocycles. The number of fused-ring (bicyclic) bond motifs is 3. The van der Waals surface area contributed by atoms with E-state index < -0.39 is 34.3 Å². The van der Waals surface area contributed by atoms with Crippen LogP contribution in [0.5, 0.6) is 0 Å². The van der Waals surface area contributed by atoms with E-state index in [1.54, 1.807) is 30.3 Å². The molecule has 3 nitrogen and oxygen atoms in total. The number of hydrogen-bond acceptors (Lipinski definition) is 3. The van der Waals surface area contributed by atoms with Crippen molar-refractivity contribution in [2.45, 2.75) is 60.4 Å². The Hall–Kier alpha value is -5.93. The van der Waals surface area contributed by atoms with Gasteiger partial charge in [0.15, 0.2) is 0 Å². The summed E-state index contributed by atoms with van der Waals surface area (Å²) < 4.78 is 127. The molecule has 295 valence electrons. The van der Waals surface area contributed by atoms with E-state index in [1.165, 1.54) is 42.7 Å². The Kier molecular flexibility index (Phi) is 7.61. The smallest absolute Gasteiger partial charge is 0.120 e. The first kappa shape index (κ1) is 26.2. The van der Waals surface area contributed by atoms with Crippen molar-refractivity contribution in [2.75, 3.05) is 0 Å². The van der Waals surface area contributed by atoms with Crippen LogP contribution in [-0.2, 0) is 25.5 Å². The summed E-state index contributed by atoms with van der Waals surface area (Å²) in [7, 11) is 0. The third-order valence-electron chi connectivity index (χ3n) is 10.1. The Morgan fingerprint density at radius 2 is 1.24 bits per heavy atom. The zero-order valence-electron chi connectivity index (χ0n) is 47.5. The van der Waals surface area contributed by atoms with Crippen molar-refractivity contribution in [3.8, 4) is 55.9 Å². The van der Waals surface area contributed by atoms with Gasteiger partial charge in [0.25, 0.3) is 0 Å². The topological polar surface area (TPSA) is 38.9 Å². The number of benzene rings is 6. The molecule has 3 aromatic heterocycles. The molecular formula is C55H48IrN2O-2. The molecular weight excluding hydrogens is 897 g/mol. The third kappa shape index (κ3) is 8.62. The molecule has 59 heavy (non-hydrogen) atoms. The molecule has 0 bridgehead atoms. The average Bonchev–Trinajstić information content (AvgIpc) is 3.71. The Morgan fingerprint density at radius 3 is 1.97 bits per heavy atom. The number of aryl methyl sites for hydroxylation is 5. The summed E-state index contributed by atoms with van der Waals surface area (Å²) in [5.74, 6) is 0. The quantitative estimate of drug-likeness (QED) is 0.161. The predicted molar refractivity (Wildman–Crippen MR) is 243 cm³/mol. The number of furan rings is 1. The van der Waals surface area contributed by atoms with E-state index >= 15 is 0 Å². The summed E-state index contributed by atoms with van der Waals surface area (Å²) in [4.78, 5) is 8.69. The van der Waals surface area contributed by atoms with Crippen LogP contribution >= 0.6 is 0 Å². The molecule has 0 unspecified atom stereocenters. The van der Waals surface area contributed by atoms with Crippen molar-refractivity contribution >= 4 is 21.9 Å². The van der Waals surface area contributed by atoms with Gasteiger partial charge in [0.1, 0.15) is 5.58 Å². The maximum atomic E-state index is 8.49. The van der Waals surface area contributed by atoms with E-state index in [1.807, 2.05) is 72.8 Å². The van der Waals surface area contributed by atoms with E-state index in [0.29, 0.717) is 44.8 Å². The van der Waals surface area contributed by atoms with Crippen molar-refractivity contribution in [3.05, 3.63) is 191 Å². The summed E-state index contributed by atoms with van der Waals surface area (Å²) in [5.41, 5.74) is 6.01. The van der Waals surface area contributed by atoms with Crippen LogP contribution in [0.1, 0.15) is 74.7 Å². The first-order chi connectivity index (χ1) is 34.0. The second kappa shape index (κ2) is 17.1. The van der Waals surface area contributed by atoms with Crippen molar-refractivity contribution < 1.29 is 45.1 Å². The first-order valence-electron chi connectivity index (χ1n) is 26.2. The molecule has 0 atom stereocenters. The minimum absolute atomic E-state index is 0. The van der Waals surface area contributed by atoms with Crippen LogP contribution in [0.15, 0.2) is 150 Å². The Morgan fingerprint density at radius 1 is 0.559 bits per heavy atom. The van der Waals surface area contributed by atoms with Crippen LogP contribution in [-0.4, -0.2) is 9.97 Å². The Labute approximate surface area is 383 Å². The number of pyridine rings is 2. The number of rotatable bonds is 5. The second-order valence-corrected chi connectivity index (χ2v) is 15.1. The monoisotopic (exact) mass is 960 g/mol. The Bertz CT molecular complexity index is 3460. The minimum Gasteiger partial charge on any atom is -0.501 e. The van der Waals surface area contributed by atoms with E-state index in [0.717, 1.165) is 21.9 Å². The molecule has 1 radical (unpaired) electrons. The van der Waals surface area contributed by atoms with E-state index in [-0.39, 0.29) is 70.0 Å². The van der Waals surface area contributed by atoms with Gasteiger partial charge in [-0.1, -0.05) is 147 Å². The van der Waals surface area contributed by atoms with Crippen molar-refractivity contribution in [1.29, 1.82) is 0 Å². The molecule has 9 aromatic rings. The van der Waals surface area contributed by atoms with Gasteiger partial charge in [-0.15, -0.1) is 47.5 Å². The summed E-state index contributed by atoms with van der Waals surface area (Å²) >= 11 is 0. The molecule has 0 saturated carbocycles. The maximum Gasteiger partial charge on any atom is 0.120 e. The molecule has 0 saturated heterocycles. The Balaban J connectivity index is 0.000000251. The molecule has 6 aromatic carbocycles. The summed E-state index contributed by atoms with van der Waals surface area (Å²) in [6.45, 7) is -6.34. The van der Waals surface area contributed by atoms with E-state index in [4.69, 9.17) is 25.0 Å². The van der Waals surface area contributed by atoms with E-state index in [9.17, 15) is 0 Å². The van der Waals surface area contributed by atoms with Crippen LogP contribution < -0.4 is 0 Å². The number of para-hydroxylation sites is 1. The standard InChI is InChI=1S/C36H32NO.C19H16N.Ir/c1-22-19-31(23(2)18-30(22)25-14-16-26(17-15-25)36(4,5)6)32-20-33(37-21-24(32)3)29-12-9-11-28-27-10-7-8-13-34(27)38-35(28)29;1-14-8-11-19(20-13-14)17-10-9-15(2)18(12-17)16-6-4-3-5-7-16;/h7-11,13-21H,1-6H3;3-9,11-13H,1-2H3;/q2*-1;/i1D3,2D3,3D3;1D3,2D3;. The molecule has 9 rings (SSSR count). The summed E-state index contributed by atoms with van der Waals surface area (Å²) in [5, 5.41) is 1.70. The number of nitrogens with zero attached hydrogens (tertiary/aromatic N) is 2. The normalized spacial score (nSPS) is 16.1. The molecule has 0 aliphatic rings. The average molecular weight is 960 g/mol. The predicted octanol–water partition coefficient (Wildman–Crippen LogP) is 14.8. The summed E-state index contributed by atoms with van der Waals surface area (Å²) in [6, 6.07) is 44.3. The van der Waals surface area contributed by atoms with Gasteiger partial charge in [-0.05, 0) is 106 Å². The SMILES string of the molecule is [2H]C([2H])([2H])c1cc(-c2cc(-c3[c-]ccc4c3oc3ccccc34)ncc2C([2H])([2H])[2H])c(C([2H])([2H])[2H])cc1-c1ccc(C(C)(C)C)cc1.[2H]C([2H])([2H])c1ccc(-c2[c-]cc(C([2H])([2H])[2H])c(-c3ccccc3)c2)nc1.[Ir]. The van der Waals surface area contributed by atoms with Gasteiger partial charge < -0.3 is 14.4 Å².